The first-order chi connectivity index (χ1) is 11.2. The van der Waals surface area contributed by atoms with Gasteiger partial charge in [0.05, 0.1) is 18.3 Å². The minimum absolute atomic E-state index is 0.0918. The van der Waals surface area contributed by atoms with Crippen molar-refractivity contribution in [3.8, 4) is 11.1 Å². The van der Waals surface area contributed by atoms with Crippen LogP contribution in [-0.2, 0) is 17.8 Å². The van der Waals surface area contributed by atoms with Crippen molar-refractivity contribution in [3.63, 3.8) is 0 Å². The Morgan fingerprint density at radius 2 is 2.12 bits per heavy atom. The highest BCUT2D eigenvalue weighted by Crippen LogP contribution is 2.34. The normalized spacial score (nSPS) is 17.7. The highest BCUT2D eigenvalue weighted by atomic mass is 16.3. The van der Waals surface area contributed by atoms with Gasteiger partial charge in [-0.25, -0.2) is 0 Å². The minimum Gasteiger partial charge on any atom is -0.389 e. The predicted octanol–water partition coefficient (Wildman–Crippen LogP) is 3.01. The maximum atomic E-state index is 12.0. The van der Waals surface area contributed by atoms with Crippen LogP contribution in [0.3, 0.4) is 0 Å². The standard InChI is InChI=1S/C19H25N3O2/c1-13-5-6-16-9-15(7-8-18(16)22(13)14(2)23)17-10-20-21(11-17)12-19(3,4)24/h7-11,13,24H,5-6,12H2,1-4H3/t13-/m0/s1. The van der Waals surface area contributed by atoms with Gasteiger partial charge in [-0.2, -0.15) is 5.10 Å². The zero-order chi connectivity index (χ0) is 17.5. The first-order valence-corrected chi connectivity index (χ1v) is 8.42. The molecule has 0 radical (unpaired) electrons. The van der Waals surface area contributed by atoms with Crippen LogP contribution in [-0.4, -0.2) is 32.4 Å². The van der Waals surface area contributed by atoms with E-state index in [1.807, 2.05) is 29.4 Å². The van der Waals surface area contributed by atoms with Crippen LogP contribution in [0.15, 0.2) is 30.6 Å². The number of aliphatic hydroxyl groups is 1. The highest BCUT2D eigenvalue weighted by molar-refractivity contribution is 5.94. The lowest BCUT2D eigenvalue weighted by Crippen LogP contribution is -2.40. The number of hydrogen-bond acceptors (Lipinski definition) is 3. The number of aromatic nitrogens is 2. The van der Waals surface area contributed by atoms with Gasteiger partial charge < -0.3 is 10.0 Å². The van der Waals surface area contributed by atoms with Crippen LogP contribution in [0.4, 0.5) is 5.69 Å². The molecule has 1 aliphatic rings. The Labute approximate surface area is 142 Å². The Hall–Kier alpha value is -2.14. The first-order valence-electron chi connectivity index (χ1n) is 8.42. The highest BCUT2D eigenvalue weighted by Gasteiger charge is 2.26. The van der Waals surface area contributed by atoms with Crippen molar-refractivity contribution in [1.29, 1.82) is 0 Å². The van der Waals surface area contributed by atoms with E-state index >= 15 is 0 Å². The molecule has 0 aliphatic carbocycles. The molecular formula is C19H25N3O2. The van der Waals surface area contributed by atoms with Crippen molar-refractivity contribution < 1.29 is 9.90 Å². The summed E-state index contributed by atoms with van der Waals surface area (Å²) < 4.78 is 1.76. The molecule has 1 aromatic carbocycles. The maximum absolute atomic E-state index is 12.0. The van der Waals surface area contributed by atoms with Gasteiger partial charge in [0, 0.05) is 30.4 Å². The molecule has 5 heteroatoms. The molecule has 2 heterocycles. The van der Waals surface area contributed by atoms with Gasteiger partial charge >= 0.3 is 0 Å². The quantitative estimate of drug-likeness (QED) is 0.943. The number of carbonyl (C=O) groups is 1. The fraction of sp³-hybridized carbons (Fsp3) is 0.474. The SMILES string of the molecule is CC(=O)N1c2ccc(-c3cnn(CC(C)(C)O)c3)cc2CC[C@@H]1C. The van der Waals surface area contributed by atoms with Crippen molar-refractivity contribution in [2.24, 2.45) is 0 Å². The molecule has 0 spiro atoms. The van der Waals surface area contributed by atoms with Crippen molar-refractivity contribution in [1.82, 2.24) is 9.78 Å². The summed E-state index contributed by atoms with van der Waals surface area (Å²) in [6.07, 6.45) is 5.73. The largest absolute Gasteiger partial charge is 0.389 e. The topological polar surface area (TPSA) is 58.4 Å². The molecule has 1 N–H and O–H groups in total. The van der Waals surface area contributed by atoms with Gasteiger partial charge in [-0.15, -0.1) is 0 Å². The molecule has 0 saturated carbocycles. The van der Waals surface area contributed by atoms with Crippen LogP contribution in [0.1, 0.15) is 39.7 Å². The maximum Gasteiger partial charge on any atom is 0.224 e. The van der Waals surface area contributed by atoms with E-state index in [-0.39, 0.29) is 11.9 Å². The average Bonchev–Trinajstić information content (AvgIpc) is 2.92. The van der Waals surface area contributed by atoms with Gasteiger partial charge in [-0.1, -0.05) is 6.07 Å². The summed E-state index contributed by atoms with van der Waals surface area (Å²) in [6.45, 7) is 7.71. The summed E-state index contributed by atoms with van der Waals surface area (Å²) in [5.74, 6) is 0.0918. The molecule has 0 unspecified atom stereocenters. The number of rotatable bonds is 3. The van der Waals surface area contributed by atoms with E-state index in [1.54, 1.807) is 25.5 Å². The summed E-state index contributed by atoms with van der Waals surface area (Å²) in [6, 6.07) is 6.48. The van der Waals surface area contributed by atoms with Crippen LogP contribution in [0.25, 0.3) is 11.1 Å². The third-order valence-corrected chi connectivity index (χ3v) is 4.47. The number of anilines is 1. The third kappa shape index (κ3) is 3.36. The third-order valence-electron chi connectivity index (χ3n) is 4.47. The van der Waals surface area contributed by atoms with Gasteiger partial charge in [0.1, 0.15) is 0 Å². The van der Waals surface area contributed by atoms with E-state index < -0.39 is 5.60 Å². The van der Waals surface area contributed by atoms with Crippen molar-refractivity contribution in [2.75, 3.05) is 4.90 Å². The number of aryl methyl sites for hydroxylation is 1. The molecule has 1 amide bonds. The number of fused-ring (bicyclic) bond motifs is 1. The van der Waals surface area contributed by atoms with Gasteiger partial charge in [-0.3, -0.25) is 9.48 Å². The smallest absolute Gasteiger partial charge is 0.224 e. The Kier molecular flexibility index (Phi) is 4.22. The van der Waals surface area contributed by atoms with Crippen LogP contribution in [0.5, 0.6) is 0 Å². The molecule has 0 fully saturated rings. The van der Waals surface area contributed by atoms with E-state index in [1.165, 1.54) is 5.56 Å². The monoisotopic (exact) mass is 327 g/mol. The zero-order valence-electron chi connectivity index (χ0n) is 14.8. The predicted molar refractivity (Wildman–Crippen MR) is 94.9 cm³/mol. The molecule has 128 valence electrons. The fourth-order valence-corrected chi connectivity index (χ4v) is 3.41. The van der Waals surface area contributed by atoms with E-state index in [9.17, 15) is 9.90 Å². The molecule has 1 aliphatic heterocycles. The van der Waals surface area contributed by atoms with E-state index in [2.05, 4.69) is 18.1 Å². The van der Waals surface area contributed by atoms with Crippen molar-refractivity contribution in [2.45, 2.75) is 58.7 Å². The number of hydrogen-bond donors (Lipinski definition) is 1. The molecule has 3 rings (SSSR count). The molecule has 1 atom stereocenters. The van der Waals surface area contributed by atoms with Crippen molar-refractivity contribution in [3.05, 3.63) is 36.2 Å². The molecule has 0 bridgehead atoms. The van der Waals surface area contributed by atoms with Crippen molar-refractivity contribution >= 4 is 11.6 Å². The molecule has 5 nitrogen and oxygen atoms in total. The average molecular weight is 327 g/mol. The lowest BCUT2D eigenvalue weighted by molar-refractivity contribution is -0.117. The Bertz CT molecular complexity index is 758. The summed E-state index contributed by atoms with van der Waals surface area (Å²) >= 11 is 0. The van der Waals surface area contributed by atoms with Gasteiger partial charge in [0.25, 0.3) is 0 Å². The summed E-state index contributed by atoms with van der Waals surface area (Å²) in [5, 5.41) is 14.3. The number of amides is 1. The van der Waals surface area contributed by atoms with Crippen LogP contribution < -0.4 is 4.90 Å². The molecule has 1 aromatic heterocycles. The molecule has 2 aromatic rings. The molecule has 24 heavy (non-hydrogen) atoms. The Balaban J connectivity index is 1.91. The fourth-order valence-electron chi connectivity index (χ4n) is 3.41. The van der Waals surface area contributed by atoms with Crippen LogP contribution in [0.2, 0.25) is 0 Å². The van der Waals surface area contributed by atoms with E-state index in [4.69, 9.17) is 0 Å². The zero-order valence-corrected chi connectivity index (χ0v) is 14.8. The lowest BCUT2D eigenvalue weighted by Gasteiger charge is -2.34. The molecule has 0 saturated heterocycles. The number of benzene rings is 1. The Morgan fingerprint density at radius 1 is 1.38 bits per heavy atom. The minimum atomic E-state index is -0.794. The van der Waals surface area contributed by atoms with Gasteiger partial charge in [-0.05, 0) is 56.9 Å². The van der Waals surface area contributed by atoms with E-state index in [0.717, 1.165) is 29.7 Å². The van der Waals surface area contributed by atoms with Gasteiger partial charge in [0.15, 0.2) is 0 Å². The Morgan fingerprint density at radius 3 is 2.79 bits per heavy atom. The summed E-state index contributed by atoms with van der Waals surface area (Å²) in [7, 11) is 0. The van der Waals surface area contributed by atoms with Gasteiger partial charge in [0.2, 0.25) is 5.91 Å². The van der Waals surface area contributed by atoms with Crippen LogP contribution >= 0.6 is 0 Å². The summed E-state index contributed by atoms with van der Waals surface area (Å²) in [5.41, 5.74) is 3.55. The summed E-state index contributed by atoms with van der Waals surface area (Å²) in [4.78, 5) is 13.8. The second kappa shape index (κ2) is 6.06. The van der Waals surface area contributed by atoms with Crippen LogP contribution in [0, 0.1) is 0 Å². The number of nitrogens with zero attached hydrogens (tertiary/aromatic N) is 3. The second-order valence-electron chi connectivity index (χ2n) is 7.36. The number of carbonyl (C=O) groups excluding carboxylic acids is 1. The molecular weight excluding hydrogens is 302 g/mol. The lowest BCUT2D eigenvalue weighted by atomic mass is 9.94. The van der Waals surface area contributed by atoms with E-state index in [0.29, 0.717) is 6.54 Å². The second-order valence-corrected chi connectivity index (χ2v) is 7.36. The first kappa shape index (κ1) is 16.7.